The molecule has 1 amide bonds. The second-order valence-electron chi connectivity index (χ2n) is 6.32. The summed E-state index contributed by atoms with van der Waals surface area (Å²) in [6.45, 7) is 1.77. The molecule has 8 heteroatoms. The number of carbonyl (C=O) groups excluding carboxylic acids is 1. The summed E-state index contributed by atoms with van der Waals surface area (Å²) in [5, 5.41) is 0. The molecule has 146 valence electrons. The van der Waals surface area contributed by atoms with E-state index in [0.29, 0.717) is 0 Å². The van der Waals surface area contributed by atoms with Gasteiger partial charge in [0.25, 0.3) is 0 Å². The summed E-state index contributed by atoms with van der Waals surface area (Å²) < 4.78 is 62.9. The van der Waals surface area contributed by atoms with E-state index in [0.717, 1.165) is 23.8 Å². The van der Waals surface area contributed by atoms with E-state index in [9.17, 15) is 26.4 Å². The van der Waals surface area contributed by atoms with Crippen molar-refractivity contribution in [1.82, 2.24) is 4.90 Å². The van der Waals surface area contributed by atoms with E-state index in [1.807, 2.05) is 30.3 Å². The van der Waals surface area contributed by atoms with Crippen LogP contribution in [-0.4, -0.2) is 32.0 Å². The minimum atomic E-state index is -4.55. The Labute approximate surface area is 156 Å². The molecule has 0 spiro atoms. The number of sulfone groups is 1. The molecule has 4 nitrogen and oxygen atoms in total. The Morgan fingerprint density at radius 2 is 1.70 bits per heavy atom. The van der Waals surface area contributed by atoms with Gasteiger partial charge in [0.2, 0.25) is 5.91 Å². The third-order valence-electron chi connectivity index (χ3n) is 4.24. The third-order valence-corrected chi connectivity index (χ3v) is 5.70. The van der Waals surface area contributed by atoms with E-state index >= 15 is 0 Å². The standard InChI is InChI=1S/C19H20F3NO3S/c1-14(16-8-4-3-5-9-16)23(2)18(24)13-27(25,26)12-15-7-6-10-17(11-15)19(20,21)22/h3-11,14H,12-13H2,1-2H3. The second kappa shape index (κ2) is 8.12. The minimum absolute atomic E-state index is 0.00335. The Kier molecular flexibility index (Phi) is 6.30. The largest absolute Gasteiger partial charge is 0.416 e. The summed E-state index contributed by atoms with van der Waals surface area (Å²) in [4.78, 5) is 13.7. The second-order valence-corrected chi connectivity index (χ2v) is 8.39. The van der Waals surface area contributed by atoms with Crippen LogP contribution < -0.4 is 0 Å². The van der Waals surface area contributed by atoms with Gasteiger partial charge in [-0.1, -0.05) is 48.5 Å². The molecule has 0 bridgehead atoms. The van der Waals surface area contributed by atoms with Gasteiger partial charge in [0.15, 0.2) is 9.84 Å². The predicted molar refractivity (Wildman–Crippen MR) is 96.6 cm³/mol. The highest BCUT2D eigenvalue weighted by molar-refractivity contribution is 7.91. The van der Waals surface area contributed by atoms with Crippen LogP contribution in [0.4, 0.5) is 13.2 Å². The van der Waals surface area contributed by atoms with Gasteiger partial charge in [0.05, 0.1) is 17.4 Å². The minimum Gasteiger partial charge on any atom is -0.338 e. The first kappa shape index (κ1) is 21.0. The van der Waals surface area contributed by atoms with E-state index in [1.54, 1.807) is 6.92 Å². The van der Waals surface area contributed by atoms with Gasteiger partial charge in [0, 0.05) is 7.05 Å². The van der Waals surface area contributed by atoms with Crippen LogP contribution in [0, 0.1) is 0 Å². The smallest absolute Gasteiger partial charge is 0.338 e. The third kappa shape index (κ3) is 5.82. The van der Waals surface area contributed by atoms with Crippen molar-refractivity contribution in [3.63, 3.8) is 0 Å². The summed E-state index contributed by atoms with van der Waals surface area (Å²) in [7, 11) is -2.42. The summed E-state index contributed by atoms with van der Waals surface area (Å²) in [6, 6.07) is 12.9. The fourth-order valence-corrected chi connectivity index (χ4v) is 3.97. The molecular weight excluding hydrogens is 379 g/mol. The van der Waals surface area contributed by atoms with Gasteiger partial charge < -0.3 is 4.90 Å². The fourth-order valence-electron chi connectivity index (χ4n) is 2.60. The highest BCUT2D eigenvalue weighted by Gasteiger charge is 2.31. The van der Waals surface area contributed by atoms with Crippen molar-refractivity contribution >= 4 is 15.7 Å². The zero-order valence-electron chi connectivity index (χ0n) is 14.9. The Balaban J connectivity index is 2.08. The Bertz CT molecular complexity index is 896. The van der Waals surface area contributed by atoms with E-state index in [1.165, 1.54) is 18.0 Å². The van der Waals surface area contributed by atoms with Crippen molar-refractivity contribution in [2.75, 3.05) is 12.8 Å². The molecule has 0 radical (unpaired) electrons. The van der Waals surface area contributed by atoms with Crippen LogP contribution in [0.1, 0.15) is 29.7 Å². The number of carbonyl (C=O) groups is 1. The average molecular weight is 399 g/mol. The van der Waals surface area contributed by atoms with Crippen LogP contribution in [0.2, 0.25) is 0 Å². The number of nitrogens with zero attached hydrogens (tertiary/aromatic N) is 1. The van der Waals surface area contributed by atoms with Gasteiger partial charge in [-0.25, -0.2) is 8.42 Å². The zero-order valence-corrected chi connectivity index (χ0v) is 15.7. The maximum Gasteiger partial charge on any atom is 0.416 e. The lowest BCUT2D eigenvalue weighted by molar-refractivity contribution is -0.137. The summed E-state index contributed by atoms with van der Waals surface area (Å²) in [6.07, 6.45) is -4.55. The first-order valence-electron chi connectivity index (χ1n) is 8.17. The maximum atomic E-state index is 12.8. The Morgan fingerprint density at radius 1 is 1.07 bits per heavy atom. The van der Waals surface area contributed by atoms with Crippen molar-refractivity contribution in [3.8, 4) is 0 Å². The SMILES string of the molecule is CC(c1ccccc1)N(C)C(=O)CS(=O)(=O)Cc1cccc(C(F)(F)F)c1. The van der Waals surface area contributed by atoms with E-state index in [2.05, 4.69) is 0 Å². The van der Waals surface area contributed by atoms with Crippen molar-refractivity contribution in [3.05, 3.63) is 71.3 Å². The average Bonchev–Trinajstić information content (AvgIpc) is 2.59. The number of benzene rings is 2. The molecule has 0 saturated carbocycles. The van der Waals surface area contributed by atoms with Crippen LogP contribution in [0.3, 0.4) is 0 Å². The molecule has 0 fully saturated rings. The van der Waals surface area contributed by atoms with Crippen LogP contribution in [0.15, 0.2) is 54.6 Å². The van der Waals surface area contributed by atoms with Crippen molar-refractivity contribution in [2.45, 2.75) is 24.9 Å². The fraction of sp³-hybridized carbons (Fsp3) is 0.316. The normalized spacial score (nSPS) is 13.2. The molecule has 27 heavy (non-hydrogen) atoms. The van der Waals surface area contributed by atoms with Gasteiger partial charge in [-0.2, -0.15) is 13.2 Å². The van der Waals surface area contributed by atoms with E-state index < -0.39 is 39.0 Å². The quantitative estimate of drug-likeness (QED) is 0.742. The molecule has 0 N–H and O–H groups in total. The lowest BCUT2D eigenvalue weighted by Crippen LogP contribution is -2.34. The molecular formula is C19H20F3NO3S. The highest BCUT2D eigenvalue weighted by Crippen LogP contribution is 2.30. The number of rotatable bonds is 6. The van der Waals surface area contributed by atoms with Gasteiger partial charge in [-0.15, -0.1) is 0 Å². The molecule has 0 aliphatic rings. The molecule has 0 aliphatic heterocycles. The predicted octanol–water partition coefficient (Wildman–Crippen LogP) is 3.84. The van der Waals surface area contributed by atoms with Crippen LogP contribution in [-0.2, 0) is 26.6 Å². The molecule has 0 heterocycles. The molecule has 1 unspecified atom stereocenters. The highest BCUT2D eigenvalue weighted by atomic mass is 32.2. The van der Waals surface area contributed by atoms with E-state index in [4.69, 9.17) is 0 Å². The number of halogens is 3. The number of hydrogen-bond acceptors (Lipinski definition) is 3. The topological polar surface area (TPSA) is 54.5 Å². The summed E-state index contributed by atoms with van der Waals surface area (Å²) >= 11 is 0. The first-order chi connectivity index (χ1) is 12.5. The lowest BCUT2D eigenvalue weighted by Gasteiger charge is -2.25. The van der Waals surface area contributed by atoms with Gasteiger partial charge in [0.1, 0.15) is 5.75 Å². The molecule has 0 aromatic heterocycles. The Hall–Kier alpha value is -2.35. The molecule has 0 aliphatic carbocycles. The van der Waals surface area contributed by atoms with Crippen LogP contribution in [0.25, 0.3) is 0 Å². The van der Waals surface area contributed by atoms with E-state index in [-0.39, 0.29) is 11.6 Å². The summed E-state index contributed by atoms with van der Waals surface area (Å²) in [5.74, 6) is -2.01. The van der Waals surface area contributed by atoms with Crippen molar-refractivity contribution < 1.29 is 26.4 Å². The van der Waals surface area contributed by atoms with Crippen molar-refractivity contribution in [2.24, 2.45) is 0 Å². The molecule has 2 rings (SSSR count). The molecule has 1 atom stereocenters. The number of hydrogen-bond donors (Lipinski definition) is 0. The van der Waals surface area contributed by atoms with Crippen molar-refractivity contribution in [1.29, 1.82) is 0 Å². The number of alkyl halides is 3. The lowest BCUT2D eigenvalue weighted by atomic mass is 10.1. The Morgan fingerprint density at radius 3 is 2.30 bits per heavy atom. The molecule has 0 saturated heterocycles. The molecule has 2 aromatic carbocycles. The van der Waals surface area contributed by atoms with Gasteiger partial charge in [-0.05, 0) is 24.1 Å². The molecule has 2 aromatic rings. The first-order valence-corrected chi connectivity index (χ1v) is 9.99. The maximum absolute atomic E-state index is 12.8. The van der Waals surface area contributed by atoms with Crippen LogP contribution >= 0.6 is 0 Å². The monoisotopic (exact) mass is 399 g/mol. The van der Waals surface area contributed by atoms with Gasteiger partial charge in [-0.3, -0.25) is 4.79 Å². The van der Waals surface area contributed by atoms with Crippen LogP contribution in [0.5, 0.6) is 0 Å². The summed E-state index contributed by atoms with van der Waals surface area (Å²) in [5.41, 5.74) is -0.0728. The number of amides is 1. The van der Waals surface area contributed by atoms with Gasteiger partial charge >= 0.3 is 6.18 Å². The zero-order chi connectivity index (χ0) is 20.2.